The van der Waals surface area contributed by atoms with E-state index in [1.165, 1.54) is 6.42 Å². The van der Waals surface area contributed by atoms with Crippen molar-refractivity contribution in [1.29, 1.82) is 0 Å². The van der Waals surface area contributed by atoms with Crippen LogP contribution in [0.1, 0.15) is 20.3 Å². The largest absolute Gasteiger partial charge is 0.454 e. The van der Waals surface area contributed by atoms with Crippen LogP contribution in [-0.2, 0) is 0 Å². The number of hydrogen-bond acceptors (Lipinski definition) is 9. The Balaban J connectivity index is 1.54. The van der Waals surface area contributed by atoms with Gasteiger partial charge in [-0.2, -0.15) is 0 Å². The highest BCUT2D eigenvalue weighted by Crippen LogP contribution is 2.37. The number of anilines is 3. The number of aromatic nitrogens is 4. The van der Waals surface area contributed by atoms with E-state index in [4.69, 9.17) is 14.1 Å². The van der Waals surface area contributed by atoms with E-state index >= 15 is 0 Å². The van der Waals surface area contributed by atoms with Crippen molar-refractivity contribution in [3.63, 3.8) is 0 Å². The third-order valence-electron chi connectivity index (χ3n) is 4.90. The Labute approximate surface area is 155 Å². The average Bonchev–Trinajstić information content (AvgIpc) is 3.28. The van der Waals surface area contributed by atoms with E-state index in [1.807, 2.05) is 18.2 Å². The maximum absolute atomic E-state index is 5.46. The van der Waals surface area contributed by atoms with E-state index in [0.29, 0.717) is 34.7 Å². The zero-order valence-electron chi connectivity index (χ0n) is 15.2. The van der Waals surface area contributed by atoms with Crippen molar-refractivity contribution in [2.24, 2.45) is 11.8 Å². The maximum atomic E-state index is 5.46. The quantitative estimate of drug-likeness (QED) is 0.748. The highest BCUT2D eigenvalue weighted by atomic mass is 16.7. The fourth-order valence-electron chi connectivity index (χ4n) is 3.88. The monoisotopic (exact) mass is 368 g/mol. The average molecular weight is 368 g/mol. The van der Waals surface area contributed by atoms with Gasteiger partial charge >= 0.3 is 0 Å². The summed E-state index contributed by atoms with van der Waals surface area (Å²) in [4.78, 5) is 11.5. The van der Waals surface area contributed by atoms with Gasteiger partial charge in [0.25, 0.3) is 0 Å². The van der Waals surface area contributed by atoms with E-state index < -0.39 is 0 Å². The van der Waals surface area contributed by atoms with Crippen LogP contribution in [0.15, 0.2) is 22.8 Å². The van der Waals surface area contributed by atoms with Crippen molar-refractivity contribution in [2.75, 3.05) is 30.1 Å². The molecule has 0 aliphatic carbocycles. The minimum Gasteiger partial charge on any atom is -0.454 e. The lowest BCUT2D eigenvalue weighted by Gasteiger charge is -2.36. The van der Waals surface area contributed by atoms with Crippen LogP contribution in [0.3, 0.4) is 0 Å². The molecule has 140 valence electrons. The van der Waals surface area contributed by atoms with Crippen molar-refractivity contribution in [3.05, 3.63) is 18.2 Å². The lowest BCUT2D eigenvalue weighted by Crippen LogP contribution is -2.39. The summed E-state index contributed by atoms with van der Waals surface area (Å²) in [6, 6.07) is 5.69. The SMILES string of the molecule is C[C@H]1C[C@H](C)CN(c2nc3nonc3nc2Nc2ccc3c(c2)OCO3)C1. The molecule has 2 aromatic heterocycles. The molecule has 2 aliphatic heterocycles. The Morgan fingerprint density at radius 1 is 1.00 bits per heavy atom. The van der Waals surface area contributed by atoms with Gasteiger partial charge in [0, 0.05) is 24.8 Å². The van der Waals surface area contributed by atoms with Crippen molar-refractivity contribution in [3.8, 4) is 11.5 Å². The van der Waals surface area contributed by atoms with E-state index in [-0.39, 0.29) is 6.79 Å². The number of hydrogen-bond donors (Lipinski definition) is 1. The van der Waals surface area contributed by atoms with Gasteiger partial charge in [-0.1, -0.05) is 13.8 Å². The molecular formula is C18H20N6O3. The van der Waals surface area contributed by atoms with E-state index in [9.17, 15) is 0 Å². The second-order valence-corrected chi connectivity index (χ2v) is 7.35. The molecule has 1 aromatic carbocycles. The second kappa shape index (κ2) is 6.26. The molecule has 0 radical (unpaired) electrons. The van der Waals surface area contributed by atoms with Crippen LogP contribution in [-0.4, -0.2) is 40.2 Å². The molecule has 0 amide bonds. The molecule has 9 nitrogen and oxygen atoms in total. The fourth-order valence-corrected chi connectivity index (χ4v) is 3.88. The molecule has 0 saturated carbocycles. The van der Waals surface area contributed by atoms with Gasteiger partial charge < -0.3 is 19.7 Å². The van der Waals surface area contributed by atoms with Crippen LogP contribution in [0.4, 0.5) is 17.3 Å². The molecule has 2 aliphatic rings. The van der Waals surface area contributed by atoms with Gasteiger partial charge in [-0.05, 0) is 40.7 Å². The summed E-state index contributed by atoms with van der Waals surface area (Å²) in [6.07, 6.45) is 1.21. The molecule has 3 aromatic rings. The minimum absolute atomic E-state index is 0.240. The lowest BCUT2D eigenvalue weighted by atomic mass is 9.92. The molecule has 0 spiro atoms. The normalized spacial score (nSPS) is 21.6. The first-order chi connectivity index (χ1) is 13.2. The van der Waals surface area contributed by atoms with Crippen LogP contribution < -0.4 is 19.7 Å². The molecular weight excluding hydrogens is 348 g/mol. The molecule has 5 rings (SSSR count). The van der Waals surface area contributed by atoms with E-state index in [0.717, 1.165) is 30.3 Å². The van der Waals surface area contributed by atoms with Gasteiger partial charge in [-0.3, -0.25) is 0 Å². The van der Waals surface area contributed by atoms with Crippen LogP contribution in [0.5, 0.6) is 11.5 Å². The van der Waals surface area contributed by atoms with Crippen molar-refractivity contribution in [2.45, 2.75) is 20.3 Å². The highest BCUT2D eigenvalue weighted by Gasteiger charge is 2.26. The zero-order chi connectivity index (χ0) is 18.4. The molecule has 27 heavy (non-hydrogen) atoms. The predicted molar refractivity (Wildman–Crippen MR) is 98.4 cm³/mol. The summed E-state index contributed by atoms with van der Waals surface area (Å²) in [7, 11) is 0. The number of benzene rings is 1. The molecule has 1 saturated heterocycles. The Morgan fingerprint density at radius 3 is 2.56 bits per heavy atom. The number of ether oxygens (including phenoxy) is 2. The standard InChI is InChI=1S/C18H20N6O3/c1-10-5-11(2)8-24(7-10)18-17(20-15-16(21-18)23-27-22-15)19-12-3-4-13-14(6-12)26-9-25-13/h3-4,6,10-11H,5,7-9H2,1-2H3,(H,19,20,22)/t10-,11-/m0/s1. The minimum atomic E-state index is 0.240. The maximum Gasteiger partial charge on any atom is 0.245 e. The summed E-state index contributed by atoms with van der Waals surface area (Å²) in [5, 5.41) is 11.0. The Morgan fingerprint density at radius 2 is 1.74 bits per heavy atom. The molecule has 1 N–H and O–H groups in total. The first-order valence-corrected chi connectivity index (χ1v) is 9.07. The second-order valence-electron chi connectivity index (χ2n) is 7.35. The van der Waals surface area contributed by atoms with Gasteiger partial charge in [-0.25, -0.2) is 14.6 Å². The Bertz CT molecular complexity index is 980. The number of nitrogens with one attached hydrogen (secondary N) is 1. The number of nitrogens with zero attached hydrogens (tertiary/aromatic N) is 5. The third-order valence-corrected chi connectivity index (χ3v) is 4.90. The summed E-state index contributed by atoms with van der Waals surface area (Å²) in [5.74, 6) is 3.99. The van der Waals surface area contributed by atoms with Crippen LogP contribution in [0.2, 0.25) is 0 Å². The van der Waals surface area contributed by atoms with Crippen molar-refractivity contribution < 1.29 is 14.1 Å². The summed E-state index contributed by atoms with van der Waals surface area (Å²) in [5.41, 5.74) is 1.62. The number of piperidine rings is 1. The van der Waals surface area contributed by atoms with Crippen molar-refractivity contribution in [1.82, 2.24) is 20.3 Å². The number of rotatable bonds is 3. The van der Waals surface area contributed by atoms with Crippen LogP contribution in [0.25, 0.3) is 11.3 Å². The van der Waals surface area contributed by atoms with Gasteiger partial charge in [-0.15, -0.1) is 0 Å². The van der Waals surface area contributed by atoms with Gasteiger partial charge in [0.15, 0.2) is 23.1 Å². The fraction of sp³-hybridized carbons (Fsp3) is 0.444. The Hall–Kier alpha value is -3.10. The predicted octanol–water partition coefficient (Wildman–Crippen LogP) is 2.97. The van der Waals surface area contributed by atoms with Crippen LogP contribution >= 0.6 is 0 Å². The molecule has 0 unspecified atom stereocenters. The van der Waals surface area contributed by atoms with Crippen LogP contribution in [0, 0.1) is 11.8 Å². The molecule has 4 heterocycles. The third kappa shape index (κ3) is 2.98. The topological polar surface area (TPSA) is 98.4 Å². The number of fused-ring (bicyclic) bond motifs is 2. The van der Waals surface area contributed by atoms with Gasteiger partial charge in [0.1, 0.15) is 0 Å². The molecule has 0 bridgehead atoms. The summed E-state index contributed by atoms with van der Waals surface area (Å²) < 4.78 is 15.6. The highest BCUT2D eigenvalue weighted by molar-refractivity contribution is 5.77. The van der Waals surface area contributed by atoms with Crippen molar-refractivity contribution >= 4 is 28.6 Å². The zero-order valence-corrected chi connectivity index (χ0v) is 15.2. The molecule has 1 fully saturated rings. The smallest absolute Gasteiger partial charge is 0.245 e. The lowest BCUT2D eigenvalue weighted by molar-refractivity contribution is 0.174. The summed E-state index contributed by atoms with van der Waals surface area (Å²) in [6.45, 7) is 6.61. The molecule has 9 heteroatoms. The Kier molecular flexibility index (Phi) is 3.73. The summed E-state index contributed by atoms with van der Waals surface area (Å²) >= 11 is 0. The van der Waals surface area contributed by atoms with E-state index in [1.54, 1.807) is 0 Å². The first kappa shape index (κ1) is 16.1. The van der Waals surface area contributed by atoms with Gasteiger partial charge in [0.05, 0.1) is 0 Å². The van der Waals surface area contributed by atoms with Gasteiger partial charge in [0.2, 0.25) is 18.1 Å². The molecule has 2 atom stereocenters. The van der Waals surface area contributed by atoms with E-state index in [2.05, 4.69) is 44.3 Å². The first-order valence-electron chi connectivity index (χ1n) is 9.07.